The third-order valence-electron chi connectivity index (χ3n) is 4.97. The van der Waals surface area contributed by atoms with Crippen molar-refractivity contribution in [3.8, 4) is 16.9 Å². The standard InChI is InChI=1S/C23H25F2NO3S2/c1-26(2)23(28)19-13-15(18-9-8-16(24)14-20(18)25)7-10-21(19)29-22(27)6-4-3-5-17-11-12-30-31-17/h7-10,13-14,17H,3-6,11-12H2,1-2H3/t17-/m1/s1. The molecule has 1 amide bonds. The number of unbranched alkanes of at least 4 members (excludes halogenated alkanes) is 1. The number of halogens is 2. The summed E-state index contributed by atoms with van der Waals surface area (Å²) in [6, 6.07) is 7.77. The van der Waals surface area contributed by atoms with E-state index >= 15 is 0 Å². The number of amides is 1. The SMILES string of the molecule is CN(C)C(=O)c1cc(-c2ccc(F)cc2F)ccc1OC(=O)CCCC[C@@H]1CCSS1. The minimum absolute atomic E-state index is 0.137. The second-order valence-electron chi connectivity index (χ2n) is 7.58. The molecule has 8 heteroatoms. The van der Waals surface area contributed by atoms with E-state index in [2.05, 4.69) is 0 Å². The van der Waals surface area contributed by atoms with Crippen LogP contribution in [-0.4, -0.2) is 41.9 Å². The average Bonchev–Trinajstić information content (AvgIpc) is 3.25. The molecule has 1 atom stereocenters. The van der Waals surface area contributed by atoms with Crippen LogP contribution in [-0.2, 0) is 4.79 Å². The molecule has 1 fully saturated rings. The molecule has 0 saturated carbocycles. The molecule has 0 radical (unpaired) electrons. The van der Waals surface area contributed by atoms with Gasteiger partial charge in [-0.3, -0.25) is 9.59 Å². The van der Waals surface area contributed by atoms with Crippen molar-refractivity contribution in [3.63, 3.8) is 0 Å². The Bertz CT molecular complexity index is 946. The van der Waals surface area contributed by atoms with E-state index in [9.17, 15) is 18.4 Å². The first-order valence-electron chi connectivity index (χ1n) is 10.1. The molecule has 1 aliphatic rings. The van der Waals surface area contributed by atoms with Gasteiger partial charge in [0.1, 0.15) is 17.4 Å². The molecule has 1 aliphatic heterocycles. The summed E-state index contributed by atoms with van der Waals surface area (Å²) < 4.78 is 32.9. The average molecular weight is 466 g/mol. The fraction of sp³-hybridized carbons (Fsp3) is 0.391. The quantitative estimate of drug-likeness (QED) is 0.209. The van der Waals surface area contributed by atoms with E-state index in [1.54, 1.807) is 20.2 Å². The number of nitrogens with zero attached hydrogens (tertiary/aromatic N) is 1. The van der Waals surface area contributed by atoms with Crippen molar-refractivity contribution in [2.45, 2.75) is 37.4 Å². The summed E-state index contributed by atoms with van der Waals surface area (Å²) in [6.07, 6.45) is 4.27. The summed E-state index contributed by atoms with van der Waals surface area (Å²) in [5.74, 6) is -0.853. The molecule has 0 aliphatic carbocycles. The molecule has 0 N–H and O–H groups in total. The van der Waals surface area contributed by atoms with E-state index in [1.165, 1.54) is 35.3 Å². The van der Waals surface area contributed by atoms with Crippen LogP contribution < -0.4 is 4.74 Å². The smallest absolute Gasteiger partial charge is 0.311 e. The van der Waals surface area contributed by atoms with E-state index in [0.29, 0.717) is 10.8 Å². The van der Waals surface area contributed by atoms with Gasteiger partial charge in [-0.15, -0.1) is 0 Å². The summed E-state index contributed by atoms with van der Waals surface area (Å²) in [7, 11) is 6.99. The molecule has 2 aromatic carbocycles. The van der Waals surface area contributed by atoms with E-state index in [-0.39, 0.29) is 29.2 Å². The zero-order valence-corrected chi connectivity index (χ0v) is 19.2. The van der Waals surface area contributed by atoms with Gasteiger partial charge >= 0.3 is 5.97 Å². The van der Waals surface area contributed by atoms with Crippen LogP contribution in [0.4, 0.5) is 8.78 Å². The van der Waals surface area contributed by atoms with Crippen LogP contribution in [0.25, 0.3) is 11.1 Å². The summed E-state index contributed by atoms with van der Waals surface area (Å²) in [5.41, 5.74) is 0.711. The Hall–Kier alpha value is -2.06. The van der Waals surface area contributed by atoms with Gasteiger partial charge in [-0.25, -0.2) is 8.78 Å². The number of hydrogen-bond donors (Lipinski definition) is 0. The molecule has 1 saturated heterocycles. The Labute approximate surface area is 189 Å². The van der Waals surface area contributed by atoms with Crippen LogP contribution in [0.2, 0.25) is 0 Å². The van der Waals surface area contributed by atoms with Crippen molar-refractivity contribution >= 4 is 33.5 Å². The first-order valence-corrected chi connectivity index (χ1v) is 12.5. The van der Waals surface area contributed by atoms with Gasteiger partial charge in [0.05, 0.1) is 5.56 Å². The molecule has 4 nitrogen and oxygen atoms in total. The van der Waals surface area contributed by atoms with Crippen LogP contribution in [0.3, 0.4) is 0 Å². The van der Waals surface area contributed by atoms with Crippen molar-refractivity contribution in [2.24, 2.45) is 0 Å². The second kappa shape index (κ2) is 11.0. The number of ether oxygens (including phenoxy) is 1. The number of esters is 1. The zero-order valence-electron chi connectivity index (χ0n) is 17.5. The number of rotatable bonds is 8. The highest BCUT2D eigenvalue weighted by Crippen LogP contribution is 2.40. The maximum atomic E-state index is 14.2. The minimum atomic E-state index is -0.730. The summed E-state index contributed by atoms with van der Waals surface area (Å²) in [4.78, 5) is 26.4. The monoisotopic (exact) mass is 465 g/mol. The van der Waals surface area contributed by atoms with Crippen LogP contribution in [0.15, 0.2) is 36.4 Å². The van der Waals surface area contributed by atoms with E-state index in [0.717, 1.165) is 31.4 Å². The Balaban J connectivity index is 1.71. The van der Waals surface area contributed by atoms with Gasteiger partial charge in [0.25, 0.3) is 5.91 Å². The fourth-order valence-electron chi connectivity index (χ4n) is 3.30. The molecule has 31 heavy (non-hydrogen) atoms. The number of hydrogen-bond acceptors (Lipinski definition) is 5. The summed E-state index contributed by atoms with van der Waals surface area (Å²) in [6.45, 7) is 0. The van der Waals surface area contributed by atoms with Crippen molar-refractivity contribution in [1.82, 2.24) is 4.90 Å². The first-order chi connectivity index (χ1) is 14.8. The summed E-state index contributed by atoms with van der Waals surface area (Å²) in [5, 5.41) is 0.671. The van der Waals surface area contributed by atoms with Crippen LogP contribution in [0.1, 0.15) is 42.5 Å². The number of carbonyl (C=O) groups excluding carboxylic acids is 2. The molecule has 166 valence electrons. The van der Waals surface area contributed by atoms with Crippen molar-refractivity contribution < 1.29 is 23.1 Å². The second-order valence-corrected chi connectivity index (χ2v) is 10.4. The van der Waals surface area contributed by atoms with Gasteiger partial charge in [-0.2, -0.15) is 0 Å². The Morgan fingerprint density at radius 1 is 1.13 bits per heavy atom. The fourth-order valence-corrected chi connectivity index (χ4v) is 6.33. The van der Waals surface area contributed by atoms with Crippen molar-refractivity contribution in [2.75, 3.05) is 19.8 Å². The molecular formula is C23H25F2NO3S2. The highest BCUT2D eigenvalue weighted by molar-refractivity contribution is 8.77. The molecule has 2 aromatic rings. The lowest BCUT2D eigenvalue weighted by atomic mass is 10.0. The maximum absolute atomic E-state index is 14.2. The topological polar surface area (TPSA) is 46.6 Å². The van der Waals surface area contributed by atoms with Crippen LogP contribution >= 0.6 is 21.6 Å². The molecule has 0 bridgehead atoms. The lowest BCUT2D eigenvalue weighted by molar-refractivity contribution is -0.134. The number of carbonyl (C=O) groups is 2. The Morgan fingerprint density at radius 3 is 2.61 bits per heavy atom. The van der Waals surface area contributed by atoms with Crippen LogP contribution in [0, 0.1) is 11.6 Å². The van der Waals surface area contributed by atoms with E-state index in [4.69, 9.17) is 4.74 Å². The molecule has 1 heterocycles. The molecule has 0 unspecified atom stereocenters. The Kier molecular flexibility index (Phi) is 8.37. The third kappa shape index (κ3) is 6.46. The van der Waals surface area contributed by atoms with Gasteiger partial charge in [-0.1, -0.05) is 34.1 Å². The maximum Gasteiger partial charge on any atom is 0.311 e. The molecular weight excluding hydrogens is 440 g/mol. The molecule has 3 rings (SSSR count). The van der Waals surface area contributed by atoms with E-state index in [1.807, 2.05) is 21.6 Å². The highest BCUT2D eigenvalue weighted by Gasteiger charge is 2.20. The predicted molar refractivity (Wildman–Crippen MR) is 122 cm³/mol. The lowest BCUT2D eigenvalue weighted by Crippen LogP contribution is -2.23. The van der Waals surface area contributed by atoms with Gasteiger partial charge in [0.15, 0.2) is 0 Å². The van der Waals surface area contributed by atoms with Gasteiger partial charge < -0.3 is 9.64 Å². The lowest BCUT2D eigenvalue weighted by Gasteiger charge is -2.16. The normalized spacial score (nSPS) is 15.7. The van der Waals surface area contributed by atoms with Gasteiger partial charge in [0.2, 0.25) is 0 Å². The Morgan fingerprint density at radius 2 is 1.94 bits per heavy atom. The third-order valence-corrected chi connectivity index (χ3v) is 7.97. The van der Waals surface area contributed by atoms with Gasteiger partial charge in [0, 0.05) is 43.1 Å². The van der Waals surface area contributed by atoms with Crippen molar-refractivity contribution in [3.05, 3.63) is 53.6 Å². The zero-order chi connectivity index (χ0) is 22.4. The van der Waals surface area contributed by atoms with Crippen molar-refractivity contribution in [1.29, 1.82) is 0 Å². The molecule has 0 spiro atoms. The summed E-state index contributed by atoms with van der Waals surface area (Å²) >= 11 is 0. The largest absolute Gasteiger partial charge is 0.426 e. The predicted octanol–water partition coefficient (Wildman–Crippen LogP) is 5.95. The first kappa shape index (κ1) is 23.6. The van der Waals surface area contributed by atoms with Gasteiger partial charge in [-0.05, 0) is 49.1 Å². The van der Waals surface area contributed by atoms with Crippen LogP contribution in [0.5, 0.6) is 5.75 Å². The molecule has 0 aromatic heterocycles. The van der Waals surface area contributed by atoms with E-state index < -0.39 is 17.6 Å². The minimum Gasteiger partial charge on any atom is -0.426 e. The number of benzene rings is 2. The highest BCUT2D eigenvalue weighted by atomic mass is 33.1.